The van der Waals surface area contributed by atoms with Crippen LogP contribution >= 0.6 is 11.3 Å². The van der Waals surface area contributed by atoms with Crippen molar-refractivity contribution in [1.29, 1.82) is 0 Å². The first-order chi connectivity index (χ1) is 9.76. The molecule has 3 rings (SSSR count). The lowest BCUT2D eigenvalue weighted by Crippen LogP contribution is -2.39. The number of aromatic nitrogens is 1. The molecule has 0 saturated carbocycles. The lowest BCUT2D eigenvalue weighted by molar-refractivity contribution is 0.0440. The summed E-state index contributed by atoms with van der Waals surface area (Å²) in [6.07, 6.45) is 3.76. The van der Waals surface area contributed by atoms with Gasteiger partial charge in [0.15, 0.2) is 5.13 Å². The predicted octanol–water partition coefficient (Wildman–Crippen LogP) is 3.27. The normalized spacial score (nSPS) is 19.6. The fraction of sp³-hybridized carbons (Fsp3) is 0.533. The van der Waals surface area contributed by atoms with Crippen LogP contribution in [0, 0.1) is 0 Å². The van der Waals surface area contributed by atoms with Crippen molar-refractivity contribution in [2.75, 3.05) is 30.3 Å². The molecule has 1 saturated heterocycles. The molecule has 2 N–H and O–H groups in total. The summed E-state index contributed by atoms with van der Waals surface area (Å²) in [4.78, 5) is 7.08. The molecule has 20 heavy (non-hydrogen) atoms. The van der Waals surface area contributed by atoms with E-state index in [9.17, 15) is 0 Å². The van der Waals surface area contributed by atoms with E-state index in [2.05, 4.69) is 11.8 Å². The topological polar surface area (TPSA) is 51.4 Å². The number of anilines is 2. The zero-order valence-corrected chi connectivity index (χ0v) is 12.7. The number of nitrogens with two attached hydrogens (primary N) is 1. The van der Waals surface area contributed by atoms with Crippen LogP contribution in [0.1, 0.15) is 26.2 Å². The van der Waals surface area contributed by atoms with Crippen LogP contribution in [0.15, 0.2) is 18.2 Å². The molecule has 1 aliphatic rings. The van der Waals surface area contributed by atoms with Gasteiger partial charge in [0, 0.05) is 25.4 Å². The number of thiazole rings is 1. The quantitative estimate of drug-likeness (QED) is 0.878. The van der Waals surface area contributed by atoms with Gasteiger partial charge in [-0.3, -0.25) is 0 Å². The lowest BCUT2D eigenvalue weighted by atomic mass is 10.1. The first-order valence-electron chi connectivity index (χ1n) is 7.29. The van der Waals surface area contributed by atoms with Gasteiger partial charge in [-0.05, 0) is 37.5 Å². The first kappa shape index (κ1) is 13.6. The number of hydrogen-bond donors (Lipinski definition) is 1. The van der Waals surface area contributed by atoms with E-state index in [1.165, 1.54) is 6.42 Å². The Morgan fingerprint density at radius 2 is 2.40 bits per heavy atom. The van der Waals surface area contributed by atoms with Crippen LogP contribution in [-0.2, 0) is 4.74 Å². The highest BCUT2D eigenvalue weighted by atomic mass is 32.1. The molecule has 1 aliphatic heterocycles. The number of hydrogen-bond acceptors (Lipinski definition) is 5. The fourth-order valence-corrected chi connectivity index (χ4v) is 3.65. The van der Waals surface area contributed by atoms with Gasteiger partial charge in [-0.1, -0.05) is 18.3 Å². The van der Waals surface area contributed by atoms with E-state index in [0.29, 0.717) is 6.10 Å². The fourth-order valence-electron chi connectivity index (χ4n) is 2.60. The molecule has 0 aliphatic carbocycles. The molecule has 1 fully saturated rings. The van der Waals surface area contributed by atoms with Crippen molar-refractivity contribution in [3.8, 4) is 0 Å². The number of piperidine rings is 1. The van der Waals surface area contributed by atoms with E-state index in [4.69, 9.17) is 15.5 Å². The highest BCUT2D eigenvalue weighted by molar-refractivity contribution is 7.22. The summed E-state index contributed by atoms with van der Waals surface area (Å²) in [7, 11) is 0. The molecule has 2 aromatic rings. The van der Waals surface area contributed by atoms with E-state index >= 15 is 0 Å². The van der Waals surface area contributed by atoms with Gasteiger partial charge in [0.25, 0.3) is 0 Å². The molecule has 5 heteroatoms. The molecule has 1 atom stereocenters. The van der Waals surface area contributed by atoms with E-state index in [1.54, 1.807) is 11.3 Å². The number of nitrogens with zero attached hydrogens (tertiary/aromatic N) is 2. The van der Waals surface area contributed by atoms with Crippen molar-refractivity contribution in [3.63, 3.8) is 0 Å². The van der Waals surface area contributed by atoms with Crippen LogP contribution in [0.25, 0.3) is 10.2 Å². The Morgan fingerprint density at radius 1 is 1.50 bits per heavy atom. The first-order valence-corrected chi connectivity index (χ1v) is 8.10. The molecule has 1 aromatic heterocycles. The van der Waals surface area contributed by atoms with Crippen LogP contribution in [0.3, 0.4) is 0 Å². The van der Waals surface area contributed by atoms with Crippen molar-refractivity contribution in [3.05, 3.63) is 18.2 Å². The largest absolute Gasteiger partial charge is 0.399 e. The minimum absolute atomic E-state index is 0.348. The van der Waals surface area contributed by atoms with Crippen LogP contribution in [0.2, 0.25) is 0 Å². The van der Waals surface area contributed by atoms with E-state index in [1.807, 2.05) is 18.2 Å². The Balaban J connectivity index is 1.76. The number of fused-ring (bicyclic) bond motifs is 1. The maximum absolute atomic E-state index is 5.89. The van der Waals surface area contributed by atoms with Gasteiger partial charge in [-0.25, -0.2) is 4.98 Å². The van der Waals surface area contributed by atoms with E-state index < -0.39 is 0 Å². The van der Waals surface area contributed by atoms with Crippen LogP contribution in [-0.4, -0.2) is 30.8 Å². The molecular weight excluding hydrogens is 270 g/mol. The Kier molecular flexibility index (Phi) is 4.08. The SMILES string of the molecule is CCCOC1CCCN(c2nc3ccc(N)cc3s2)C1. The molecule has 0 bridgehead atoms. The van der Waals surface area contributed by atoms with Crippen molar-refractivity contribution in [1.82, 2.24) is 4.98 Å². The van der Waals surface area contributed by atoms with Crippen molar-refractivity contribution < 1.29 is 4.74 Å². The number of rotatable bonds is 4. The second-order valence-corrected chi connectivity index (χ2v) is 6.31. The molecule has 108 valence electrons. The molecule has 0 spiro atoms. The Bertz CT molecular complexity index is 584. The third-order valence-electron chi connectivity index (χ3n) is 3.61. The minimum atomic E-state index is 0.348. The average molecular weight is 291 g/mol. The summed E-state index contributed by atoms with van der Waals surface area (Å²) < 4.78 is 7.06. The Hall–Kier alpha value is -1.33. The van der Waals surface area contributed by atoms with Crippen LogP contribution in [0.4, 0.5) is 10.8 Å². The summed E-state index contributed by atoms with van der Waals surface area (Å²) in [6.45, 7) is 5.03. The van der Waals surface area contributed by atoms with Crippen molar-refractivity contribution in [2.45, 2.75) is 32.3 Å². The molecule has 0 radical (unpaired) electrons. The second-order valence-electron chi connectivity index (χ2n) is 5.30. The maximum Gasteiger partial charge on any atom is 0.186 e. The monoisotopic (exact) mass is 291 g/mol. The highest BCUT2D eigenvalue weighted by Gasteiger charge is 2.22. The molecule has 1 unspecified atom stereocenters. The van der Waals surface area contributed by atoms with E-state index in [-0.39, 0.29) is 0 Å². The molecule has 0 amide bonds. The van der Waals surface area contributed by atoms with Crippen LogP contribution < -0.4 is 10.6 Å². The van der Waals surface area contributed by atoms with Gasteiger partial charge in [-0.2, -0.15) is 0 Å². The molecule has 2 heterocycles. The Morgan fingerprint density at radius 3 is 3.25 bits per heavy atom. The third kappa shape index (κ3) is 2.88. The highest BCUT2D eigenvalue weighted by Crippen LogP contribution is 2.31. The van der Waals surface area contributed by atoms with Crippen molar-refractivity contribution >= 4 is 32.4 Å². The summed E-state index contributed by atoms with van der Waals surface area (Å²) in [5.74, 6) is 0. The van der Waals surface area contributed by atoms with Gasteiger partial charge >= 0.3 is 0 Å². The van der Waals surface area contributed by atoms with Crippen molar-refractivity contribution in [2.24, 2.45) is 0 Å². The summed E-state index contributed by atoms with van der Waals surface area (Å²) >= 11 is 1.72. The molecule has 4 nitrogen and oxygen atoms in total. The predicted molar refractivity (Wildman–Crippen MR) is 85.5 cm³/mol. The summed E-state index contributed by atoms with van der Waals surface area (Å²) in [6, 6.07) is 5.92. The Labute approximate surface area is 123 Å². The zero-order valence-electron chi connectivity index (χ0n) is 11.8. The van der Waals surface area contributed by atoms with Crippen LogP contribution in [0.5, 0.6) is 0 Å². The number of ether oxygens (including phenoxy) is 1. The summed E-state index contributed by atoms with van der Waals surface area (Å²) in [5.41, 5.74) is 7.67. The average Bonchev–Trinajstić information content (AvgIpc) is 2.88. The minimum Gasteiger partial charge on any atom is -0.399 e. The number of nitrogen functional groups attached to an aromatic ring is 1. The third-order valence-corrected chi connectivity index (χ3v) is 4.69. The lowest BCUT2D eigenvalue weighted by Gasteiger charge is -2.32. The standard InChI is InChI=1S/C15H21N3OS/c1-2-8-19-12-4-3-7-18(10-12)15-17-13-6-5-11(16)9-14(13)20-15/h5-6,9,12H,2-4,7-8,10,16H2,1H3. The zero-order chi connectivity index (χ0) is 13.9. The van der Waals surface area contributed by atoms with Gasteiger partial charge < -0.3 is 15.4 Å². The maximum atomic E-state index is 5.89. The number of benzene rings is 1. The smallest absolute Gasteiger partial charge is 0.186 e. The van der Waals surface area contributed by atoms with Gasteiger partial charge in [-0.15, -0.1) is 0 Å². The van der Waals surface area contributed by atoms with Gasteiger partial charge in [0.1, 0.15) is 0 Å². The molecule has 1 aromatic carbocycles. The second kappa shape index (κ2) is 5.97. The van der Waals surface area contributed by atoms with Gasteiger partial charge in [0.2, 0.25) is 0 Å². The molecular formula is C15H21N3OS. The van der Waals surface area contributed by atoms with E-state index in [0.717, 1.165) is 53.6 Å². The van der Waals surface area contributed by atoms with Gasteiger partial charge in [0.05, 0.1) is 16.3 Å². The summed E-state index contributed by atoms with van der Waals surface area (Å²) in [5, 5.41) is 1.09.